The SMILES string of the molecule is Cc1cc(C)c2ccc3c4ccccc4cc4ccc1c2c43. The Balaban J connectivity index is 2.21. The molecule has 0 aliphatic heterocycles. The van der Waals surface area contributed by atoms with E-state index in [4.69, 9.17) is 0 Å². The molecule has 0 amide bonds. The normalized spacial score (nSPS) is 12.1. The first-order valence-corrected chi connectivity index (χ1v) is 7.80. The van der Waals surface area contributed by atoms with Gasteiger partial charge in [-0.05, 0) is 74.1 Å². The van der Waals surface area contributed by atoms with E-state index in [0.717, 1.165) is 0 Å². The molecule has 0 fully saturated rings. The standard InChI is InChI=1S/C22H16/c1-13-11-14(2)18-9-10-20-19-6-4-3-5-15(19)12-16-7-8-17(13)22(18)21(16)20/h3-12H,1-2H3. The minimum absolute atomic E-state index is 1.32. The van der Waals surface area contributed by atoms with Gasteiger partial charge in [-0.25, -0.2) is 0 Å². The van der Waals surface area contributed by atoms with Crippen molar-refractivity contribution in [3.8, 4) is 0 Å². The first-order valence-electron chi connectivity index (χ1n) is 7.80. The van der Waals surface area contributed by atoms with Crippen LogP contribution in [0.2, 0.25) is 0 Å². The fourth-order valence-corrected chi connectivity index (χ4v) is 4.04. The van der Waals surface area contributed by atoms with Gasteiger partial charge in [-0.1, -0.05) is 54.6 Å². The van der Waals surface area contributed by atoms with Crippen molar-refractivity contribution in [1.29, 1.82) is 0 Å². The van der Waals surface area contributed by atoms with Gasteiger partial charge in [0.05, 0.1) is 0 Å². The number of fused-ring (bicyclic) bond motifs is 2. The molecule has 0 bridgehead atoms. The summed E-state index contributed by atoms with van der Waals surface area (Å²) in [7, 11) is 0. The lowest BCUT2D eigenvalue weighted by atomic mass is 9.88. The van der Waals surface area contributed by atoms with Gasteiger partial charge in [-0.2, -0.15) is 0 Å². The highest BCUT2D eigenvalue weighted by Crippen LogP contribution is 2.40. The average Bonchev–Trinajstić information content (AvgIpc) is 2.54. The van der Waals surface area contributed by atoms with Crippen LogP contribution in [0.5, 0.6) is 0 Å². The highest BCUT2D eigenvalue weighted by Gasteiger charge is 2.13. The Kier molecular flexibility index (Phi) is 2.17. The van der Waals surface area contributed by atoms with Gasteiger partial charge in [0.15, 0.2) is 0 Å². The lowest BCUT2D eigenvalue weighted by molar-refractivity contribution is 1.46. The molecule has 0 atom stereocenters. The van der Waals surface area contributed by atoms with Gasteiger partial charge < -0.3 is 0 Å². The van der Waals surface area contributed by atoms with Gasteiger partial charge in [0.1, 0.15) is 0 Å². The summed E-state index contributed by atoms with van der Waals surface area (Å²) >= 11 is 0. The third-order valence-corrected chi connectivity index (χ3v) is 5.04. The quantitative estimate of drug-likeness (QED) is 0.229. The monoisotopic (exact) mass is 280 g/mol. The predicted octanol–water partition coefficient (Wildman–Crippen LogP) is 6.35. The third-order valence-electron chi connectivity index (χ3n) is 5.04. The Morgan fingerprint density at radius 1 is 0.500 bits per heavy atom. The molecule has 0 nitrogen and oxygen atoms in total. The molecule has 5 aromatic rings. The van der Waals surface area contributed by atoms with E-state index in [1.807, 2.05) is 0 Å². The van der Waals surface area contributed by atoms with Gasteiger partial charge in [-0.15, -0.1) is 0 Å². The van der Waals surface area contributed by atoms with Gasteiger partial charge in [0.2, 0.25) is 0 Å². The molecule has 0 aliphatic carbocycles. The van der Waals surface area contributed by atoms with Crippen LogP contribution in [0.3, 0.4) is 0 Å². The molecule has 0 aromatic heterocycles. The Hall–Kier alpha value is -2.60. The Bertz CT molecular complexity index is 1160. The summed E-state index contributed by atoms with van der Waals surface area (Å²) in [6.45, 7) is 4.44. The minimum Gasteiger partial charge on any atom is -0.0616 e. The van der Waals surface area contributed by atoms with Gasteiger partial charge in [0, 0.05) is 0 Å². The second kappa shape index (κ2) is 3.98. The van der Waals surface area contributed by atoms with Crippen molar-refractivity contribution in [2.75, 3.05) is 0 Å². The molecule has 0 saturated heterocycles. The summed E-state index contributed by atoms with van der Waals surface area (Å²) in [4.78, 5) is 0. The molecular weight excluding hydrogens is 264 g/mol. The average molecular weight is 280 g/mol. The fraction of sp³-hybridized carbons (Fsp3) is 0.0909. The number of rotatable bonds is 0. The number of hydrogen-bond acceptors (Lipinski definition) is 0. The maximum atomic E-state index is 2.33. The highest BCUT2D eigenvalue weighted by molar-refractivity contribution is 6.29. The van der Waals surface area contributed by atoms with Crippen LogP contribution in [-0.4, -0.2) is 0 Å². The Morgan fingerprint density at radius 3 is 2.00 bits per heavy atom. The molecule has 0 unspecified atom stereocenters. The lowest BCUT2D eigenvalue weighted by Crippen LogP contribution is -1.89. The van der Waals surface area contributed by atoms with Crippen molar-refractivity contribution in [3.63, 3.8) is 0 Å². The lowest BCUT2D eigenvalue weighted by Gasteiger charge is -2.16. The van der Waals surface area contributed by atoms with Crippen molar-refractivity contribution in [3.05, 3.63) is 71.8 Å². The third kappa shape index (κ3) is 1.37. The van der Waals surface area contributed by atoms with Crippen molar-refractivity contribution >= 4 is 43.1 Å². The van der Waals surface area contributed by atoms with Crippen LogP contribution in [0.4, 0.5) is 0 Å². The zero-order valence-corrected chi connectivity index (χ0v) is 12.8. The second-order valence-corrected chi connectivity index (χ2v) is 6.35. The topological polar surface area (TPSA) is 0 Å². The van der Waals surface area contributed by atoms with E-state index in [1.165, 1.54) is 54.2 Å². The molecule has 0 N–H and O–H groups in total. The predicted molar refractivity (Wildman–Crippen MR) is 97.1 cm³/mol. The molecule has 0 heteroatoms. The minimum atomic E-state index is 1.32. The van der Waals surface area contributed by atoms with Crippen LogP contribution >= 0.6 is 0 Å². The zero-order chi connectivity index (χ0) is 14.8. The van der Waals surface area contributed by atoms with E-state index in [0.29, 0.717) is 0 Å². The molecular formula is C22H16. The first-order chi connectivity index (χ1) is 10.7. The fourth-order valence-electron chi connectivity index (χ4n) is 4.04. The maximum absolute atomic E-state index is 2.33. The van der Waals surface area contributed by atoms with E-state index in [9.17, 15) is 0 Å². The van der Waals surface area contributed by atoms with Crippen LogP contribution in [0, 0.1) is 13.8 Å². The van der Waals surface area contributed by atoms with E-state index < -0.39 is 0 Å². The molecule has 5 rings (SSSR count). The van der Waals surface area contributed by atoms with E-state index in [1.54, 1.807) is 0 Å². The van der Waals surface area contributed by atoms with E-state index in [2.05, 4.69) is 74.5 Å². The summed E-state index contributed by atoms with van der Waals surface area (Å²) in [6.07, 6.45) is 0. The van der Waals surface area contributed by atoms with Crippen LogP contribution < -0.4 is 0 Å². The molecule has 5 aromatic carbocycles. The Labute approximate surface area is 129 Å². The van der Waals surface area contributed by atoms with Crippen LogP contribution in [-0.2, 0) is 0 Å². The van der Waals surface area contributed by atoms with Gasteiger partial charge in [-0.3, -0.25) is 0 Å². The molecule has 22 heavy (non-hydrogen) atoms. The number of aryl methyl sites for hydroxylation is 2. The van der Waals surface area contributed by atoms with Gasteiger partial charge >= 0.3 is 0 Å². The van der Waals surface area contributed by atoms with Crippen LogP contribution in [0.1, 0.15) is 11.1 Å². The van der Waals surface area contributed by atoms with Crippen LogP contribution in [0.25, 0.3) is 43.1 Å². The van der Waals surface area contributed by atoms with Crippen LogP contribution in [0.15, 0.2) is 60.7 Å². The first kappa shape index (κ1) is 12.0. The molecule has 0 spiro atoms. The molecule has 0 radical (unpaired) electrons. The van der Waals surface area contributed by atoms with Crippen molar-refractivity contribution in [2.24, 2.45) is 0 Å². The largest absolute Gasteiger partial charge is 0.0616 e. The number of benzene rings is 5. The summed E-state index contributed by atoms with van der Waals surface area (Å²) < 4.78 is 0. The van der Waals surface area contributed by atoms with E-state index >= 15 is 0 Å². The highest BCUT2D eigenvalue weighted by atomic mass is 14.2. The maximum Gasteiger partial charge on any atom is -0.00202 e. The van der Waals surface area contributed by atoms with Gasteiger partial charge in [0.25, 0.3) is 0 Å². The smallest absolute Gasteiger partial charge is 0.00202 e. The zero-order valence-electron chi connectivity index (χ0n) is 12.8. The summed E-state index contributed by atoms with van der Waals surface area (Å²) in [5.41, 5.74) is 2.74. The Morgan fingerprint density at radius 2 is 1.18 bits per heavy atom. The summed E-state index contributed by atoms with van der Waals surface area (Å²) in [6, 6.07) is 22.5. The number of hydrogen-bond donors (Lipinski definition) is 0. The molecule has 0 heterocycles. The van der Waals surface area contributed by atoms with Crippen molar-refractivity contribution in [2.45, 2.75) is 13.8 Å². The van der Waals surface area contributed by atoms with E-state index in [-0.39, 0.29) is 0 Å². The molecule has 104 valence electrons. The summed E-state index contributed by atoms with van der Waals surface area (Å²) in [5, 5.41) is 11.0. The summed E-state index contributed by atoms with van der Waals surface area (Å²) in [5.74, 6) is 0. The van der Waals surface area contributed by atoms with Crippen molar-refractivity contribution < 1.29 is 0 Å². The molecule has 0 saturated carbocycles. The second-order valence-electron chi connectivity index (χ2n) is 6.35. The molecule has 0 aliphatic rings. The van der Waals surface area contributed by atoms with Crippen molar-refractivity contribution in [1.82, 2.24) is 0 Å².